The molecule has 5 N–H and O–H groups in total. The van der Waals surface area contributed by atoms with Gasteiger partial charge in [0.25, 0.3) is 17.7 Å². The number of benzene rings is 4. The van der Waals surface area contributed by atoms with Crippen LogP contribution >= 0.6 is 11.8 Å². The van der Waals surface area contributed by atoms with Crippen molar-refractivity contribution in [3.8, 4) is 5.75 Å². The highest BCUT2D eigenvalue weighted by molar-refractivity contribution is 8.00. The molecule has 4 amide bonds. The van der Waals surface area contributed by atoms with E-state index in [1.807, 2.05) is 19.1 Å². The van der Waals surface area contributed by atoms with E-state index >= 15 is 0 Å². The van der Waals surface area contributed by atoms with Crippen LogP contribution in [0.5, 0.6) is 5.75 Å². The number of primary amides is 1. The molecule has 0 radical (unpaired) electrons. The standard InChI is InChI=1S/C34H32N4O5S/c1-3-30(34(42)37-27-18-9-8-17-26(27)31(35)39)44-25-16-11-15-24(21-25)36-33(41)28(20-23-14-7-10-19-29(23)43-2)38-32(40)22-12-5-4-6-13-22/h4-21,30H,3H2,1-2H3,(H2,35,39)(H,36,41)(H,37,42)(H,38,40)/b28-20+. The van der Waals surface area contributed by atoms with Gasteiger partial charge in [-0.05, 0) is 61.0 Å². The molecule has 4 aromatic rings. The molecule has 0 aliphatic heterocycles. The molecule has 0 aliphatic carbocycles. The predicted octanol–water partition coefficient (Wildman–Crippen LogP) is 5.71. The Morgan fingerprint density at radius 2 is 1.57 bits per heavy atom. The fourth-order valence-corrected chi connectivity index (χ4v) is 5.25. The third-order valence-corrected chi connectivity index (χ3v) is 7.81. The highest BCUT2D eigenvalue weighted by Gasteiger charge is 2.21. The van der Waals surface area contributed by atoms with Crippen LogP contribution in [0, 0.1) is 0 Å². The van der Waals surface area contributed by atoms with Gasteiger partial charge in [0.1, 0.15) is 11.4 Å². The zero-order valence-electron chi connectivity index (χ0n) is 24.2. The van der Waals surface area contributed by atoms with Gasteiger partial charge >= 0.3 is 0 Å². The largest absolute Gasteiger partial charge is 0.496 e. The molecule has 4 aromatic carbocycles. The summed E-state index contributed by atoms with van der Waals surface area (Å²) in [6.07, 6.45) is 2.05. The fourth-order valence-electron chi connectivity index (χ4n) is 4.24. The van der Waals surface area contributed by atoms with E-state index in [0.29, 0.717) is 34.7 Å². The number of ether oxygens (including phenoxy) is 1. The van der Waals surface area contributed by atoms with Crippen molar-refractivity contribution in [1.82, 2.24) is 5.32 Å². The van der Waals surface area contributed by atoms with Gasteiger partial charge in [0.15, 0.2) is 0 Å². The van der Waals surface area contributed by atoms with Crippen LogP contribution in [0.1, 0.15) is 39.6 Å². The van der Waals surface area contributed by atoms with Gasteiger partial charge in [-0.3, -0.25) is 19.2 Å². The maximum Gasteiger partial charge on any atom is 0.272 e. The first-order valence-corrected chi connectivity index (χ1v) is 14.7. The maximum atomic E-state index is 13.5. The van der Waals surface area contributed by atoms with Crippen molar-refractivity contribution < 1.29 is 23.9 Å². The van der Waals surface area contributed by atoms with E-state index in [-0.39, 0.29) is 17.2 Å². The number of carbonyl (C=O) groups excluding carboxylic acids is 4. The Kier molecular flexibility index (Phi) is 10.9. The molecule has 1 unspecified atom stereocenters. The van der Waals surface area contributed by atoms with E-state index in [2.05, 4.69) is 16.0 Å². The monoisotopic (exact) mass is 608 g/mol. The third kappa shape index (κ3) is 8.36. The molecule has 9 nitrogen and oxygen atoms in total. The minimum absolute atomic E-state index is 0.0142. The molecule has 0 bridgehead atoms. The zero-order chi connectivity index (χ0) is 31.5. The lowest BCUT2D eigenvalue weighted by molar-refractivity contribution is -0.116. The number of nitrogens with one attached hydrogen (secondary N) is 3. The summed E-state index contributed by atoms with van der Waals surface area (Å²) in [5.41, 5.74) is 7.50. The fraction of sp³-hybridized carbons (Fsp3) is 0.118. The molecule has 1 atom stereocenters. The van der Waals surface area contributed by atoms with Gasteiger partial charge in [-0.25, -0.2) is 0 Å². The molecule has 44 heavy (non-hydrogen) atoms. The molecular weight excluding hydrogens is 576 g/mol. The normalized spacial score (nSPS) is 11.6. The summed E-state index contributed by atoms with van der Waals surface area (Å²) in [4.78, 5) is 52.1. The lowest BCUT2D eigenvalue weighted by Gasteiger charge is -2.17. The zero-order valence-corrected chi connectivity index (χ0v) is 25.0. The second-order valence-corrected chi connectivity index (χ2v) is 10.8. The van der Waals surface area contributed by atoms with Crippen molar-refractivity contribution in [3.05, 3.63) is 126 Å². The topological polar surface area (TPSA) is 140 Å². The average molecular weight is 609 g/mol. The van der Waals surface area contributed by atoms with Crippen molar-refractivity contribution in [2.75, 3.05) is 17.7 Å². The van der Waals surface area contributed by atoms with E-state index < -0.39 is 23.0 Å². The summed E-state index contributed by atoms with van der Waals surface area (Å²) in [6.45, 7) is 1.88. The molecule has 0 aliphatic rings. The maximum absolute atomic E-state index is 13.5. The Balaban J connectivity index is 1.53. The number of thioether (sulfide) groups is 1. The van der Waals surface area contributed by atoms with Crippen LogP contribution < -0.4 is 26.4 Å². The Bertz CT molecular complexity index is 1690. The van der Waals surface area contributed by atoms with Crippen molar-refractivity contribution >= 4 is 52.8 Å². The van der Waals surface area contributed by atoms with Crippen LogP contribution in [0.3, 0.4) is 0 Å². The Labute approximate surface area is 259 Å². The second kappa shape index (κ2) is 15.2. The summed E-state index contributed by atoms with van der Waals surface area (Å²) >= 11 is 1.32. The first-order chi connectivity index (χ1) is 21.3. The first-order valence-electron chi connectivity index (χ1n) is 13.8. The minimum atomic E-state index is -0.635. The predicted molar refractivity (Wildman–Crippen MR) is 173 cm³/mol. The molecule has 0 aromatic heterocycles. The molecule has 224 valence electrons. The molecule has 10 heteroatoms. The Hall–Kier alpha value is -5.35. The number of hydrogen-bond acceptors (Lipinski definition) is 6. The van der Waals surface area contributed by atoms with Crippen molar-refractivity contribution in [3.63, 3.8) is 0 Å². The van der Waals surface area contributed by atoms with Crippen LogP contribution in [0.2, 0.25) is 0 Å². The molecule has 4 rings (SSSR count). The van der Waals surface area contributed by atoms with Crippen LogP contribution in [-0.2, 0) is 9.59 Å². The summed E-state index contributed by atoms with van der Waals surface area (Å²) in [5, 5.41) is 7.88. The van der Waals surface area contributed by atoms with Gasteiger partial charge in [-0.15, -0.1) is 11.8 Å². The Morgan fingerprint density at radius 3 is 2.30 bits per heavy atom. The lowest BCUT2D eigenvalue weighted by Crippen LogP contribution is -2.30. The van der Waals surface area contributed by atoms with E-state index in [1.165, 1.54) is 18.9 Å². The quantitative estimate of drug-likeness (QED) is 0.120. The number of rotatable bonds is 12. The second-order valence-electron chi connectivity index (χ2n) is 9.52. The summed E-state index contributed by atoms with van der Waals surface area (Å²) in [5.74, 6) is -1.38. The van der Waals surface area contributed by atoms with E-state index in [0.717, 1.165) is 4.90 Å². The average Bonchev–Trinajstić information content (AvgIpc) is 3.04. The van der Waals surface area contributed by atoms with Crippen LogP contribution in [0.4, 0.5) is 11.4 Å². The number of anilines is 2. The minimum Gasteiger partial charge on any atom is -0.496 e. The van der Waals surface area contributed by atoms with Crippen molar-refractivity contribution in [2.45, 2.75) is 23.5 Å². The lowest BCUT2D eigenvalue weighted by atomic mass is 10.1. The Morgan fingerprint density at radius 1 is 0.864 bits per heavy atom. The van der Waals surface area contributed by atoms with Crippen molar-refractivity contribution in [2.24, 2.45) is 5.73 Å². The highest BCUT2D eigenvalue weighted by Crippen LogP contribution is 2.29. The summed E-state index contributed by atoms with van der Waals surface area (Å²) in [6, 6.07) is 29.3. The van der Waals surface area contributed by atoms with E-state index in [9.17, 15) is 19.2 Å². The SMILES string of the molecule is CCC(Sc1cccc(NC(=O)/C(=C\c2ccccc2OC)NC(=O)c2ccccc2)c1)C(=O)Nc1ccccc1C(N)=O. The first kappa shape index (κ1) is 31.6. The number of hydrogen-bond donors (Lipinski definition) is 4. The van der Waals surface area contributed by atoms with Crippen molar-refractivity contribution in [1.29, 1.82) is 0 Å². The molecule has 0 saturated carbocycles. The highest BCUT2D eigenvalue weighted by atomic mass is 32.2. The van der Waals surface area contributed by atoms with Crippen LogP contribution in [-0.4, -0.2) is 36.0 Å². The van der Waals surface area contributed by atoms with Gasteiger partial charge in [0, 0.05) is 21.7 Å². The molecule has 0 spiro atoms. The molecular formula is C34H32N4O5S. The number of para-hydroxylation sites is 2. The van der Waals surface area contributed by atoms with Gasteiger partial charge < -0.3 is 26.4 Å². The number of nitrogens with two attached hydrogens (primary N) is 1. The smallest absolute Gasteiger partial charge is 0.272 e. The van der Waals surface area contributed by atoms with Gasteiger partial charge in [0.2, 0.25) is 5.91 Å². The molecule has 0 heterocycles. The van der Waals surface area contributed by atoms with E-state index in [1.54, 1.807) is 97.1 Å². The number of amides is 4. The van der Waals surface area contributed by atoms with Gasteiger partial charge in [0.05, 0.1) is 23.6 Å². The number of methoxy groups -OCH3 is 1. The molecule has 0 fully saturated rings. The number of carbonyl (C=O) groups is 4. The van der Waals surface area contributed by atoms with E-state index in [4.69, 9.17) is 10.5 Å². The van der Waals surface area contributed by atoms with Crippen LogP contribution in [0.15, 0.2) is 114 Å². The third-order valence-electron chi connectivity index (χ3n) is 6.45. The van der Waals surface area contributed by atoms with Gasteiger partial charge in [-0.1, -0.05) is 61.5 Å². The van der Waals surface area contributed by atoms with Crippen LogP contribution in [0.25, 0.3) is 6.08 Å². The molecule has 0 saturated heterocycles. The summed E-state index contributed by atoms with van der Waals surface area (Å²) < 4.78 is 5.42. The summed E-state index contributed by atoms with van der Waals surface area (Å²) in [7, 11) is 1.53. The van der Waals surface area contributed by atoms with Gasteiger partial charge in [-0.2, -0.15) is 0 Å².